The van der Waals surface area contributed by atoms with E-state index in [9.17, 15) is 4.39 Å². The zero-order chi connectivity index (χ0) is 15.6. The van der Waals surface area contributed by atoms with Gasteiger partial charge in [-0.25, -0.2) is 4.39 Å². The summed E-state index contributed by atoms with van der Waals surface area (Å²) in [4.78, 5) is 9.48. The second kappa shape index (κ2) is 6.38. The molecule has 0 aliphatic carbocycles. The van der Waals surface area contributed by atoms with E-state index in [1.165, 1.54) is 18.7 Å². The lowest BCUT2D eigenvalue weighted by atomic mass is 10.0. The molecule has 2 aromatic rings. The Hall–Kier alpha value is -1.78. The standard InChI is InChI=1S/C19H22FN3/c20-18-6-4-15(5-7-18)9-22-10-16-12-23(13-17(16)11-22)14-19-3-1-2-8-21-19/h1-8,16-17H,9-14H2/t16-,17-/m0/s1. The molecule has 4 rings (SSSR count). The average Bonchev–Trinajstić information content (AvgIpc) is 3.08. The minimum Gasteiger partial charge on any atom is -0.298 e. The van der Waals surface area contributed by atoms with Gasteiger partial charge in [0.05, 0.1) is 5.69 Å². The number of hydrogen-bond donors (Lipinski definition) is 0. The van der Waals surface area contributed by atoms with Gasteiger partial charge >= 0.3 is 0 Å². The normalized spacial score (nSPS) is 24.9. The minimum atomic E-state index is -0.155. The van der Waals surface area contributed by atoms with E-state index in [2.05, 4.69) is 26.9 Å². The van der Waals surface area contributed by atoms with Crippen molar-refractivity contribution in [2.45, 2.75) is 13.1 Å². The van der Waals surface area contributed by atoms with Crippen LogP contribution in [0.3, 0.4) is 0 Å². The van der Waals surface area contributed by atoms with Crippen molar-refractivity contribution in [1.29, 1.82) is 0 Å². The lowest BCUT2D eigenvalue weighted by molar-refractivity contribution is 0.245. The van der Waals surface area contributed by atoms with E-state index >= 15 is 0 Å². The molecule has 0 radical (unpaired) electrons. The summed E-state index contributed by atoms with van der Waals surface area (Å²) in [6, 6.07) is 13.0. The average molecular weight is 311 g/mol. The van der Waals surface area contributed by atoms with Crippen molar-refractivity contribution in [3.8, 4) is 0 Å². The highest BCUT2D eigenvalue weighted by atomic mass is 19.1. The van der Waals surface area contributed by atoms with Gasteiger partial charge in [0.15, 0.2) is 0 Å². The highest BCUT2D eigenvalue weighted by Gasteiger charge is 2.39. The summed E-state index contributed by atoms with van der Waals surface area (Å²) < 4.78 is 13.0. The van der Waals surface area contributed by atoms with Crippen molar-refractivity contribution in [2.24, 2.45) is 11.8 Å². The molecule has 3 heterocycles. The summed E-state index contributed by atoms with van der Waals surface area (Å²) in [6.45, 7) is 6.54. The molecule has 3 nitrogen and oxygen atoms in total. The maximum Gasteiger partial charge on any atom is 0.123 e. The van der Waals surface area contributed by atoms with Gasteiger partial charge in [-0.15, -0.1) is 0 Å². The Morgan fingerprint density at radius 2 is 1.52 bits per heavy atom. The molecule has 1 aromatic carbocycles. The SMILES string of the molecule is Fc1ccc(CN2C[C@H]3CN(Cc4ccccn4)C[C@@H]3C2)cc1. The van der Waals surface area contributed by atoms with Crippen LogP contribution in [0.15, 0.2) is 48.7 Å². The lowest BCUT2D eigenvalue weighted by Crippen LogP contribution is -2.28. The first-order valence-corrected chi connectivity index (χ1v) is 8.35. The van der Waals surface area contributed by atoms with Crippen LogP contribution in [0.25, 0.3) is 0 Å². The first kappa shape index (κ1) is 14.8. The third kappa shape index (κ3) is 3.43. The monoisotopic (exact) mass is 311 g/mol. The number of benzene rings is 1. The maximum absolute atomic E-state index is 13.0. The van der Waals surface area contributed by atoms with E-state index in [-0.39, 0.29) is 5.82 Å². The smallest absolute Gasteiger partial charge is 0.123 e. The van der Waals surface area contributed by atoms with Crippen molar-refractivity contribution in [3.05, 3.63) is 65.7 Å². The van der Waals surface area contributed by atoms with Crippen molar-refractivity contribution in [3.63, 3.8) is 0 Å². The highest BCUT2D eigenvalue weighted by molar-refractivity contribution is 5.16. The minimum absolute atomic E-state index is 0.155. The number of fused-ring (bicyclic) bond motifs is 1. The van der Waals surface area contributed by atoms with Gasteiger partial charge < -0.3 is 0 Å². The van der Waals surface area contributed by atoms with Crippen LogP contribution < -0.4 is 0 Å². The number of halogens is 1. The van der Waals surface area contributed by atoms with Gasteiger partial charge in [0, 0.05) is 45.5 Å². The Bertz CT molecular complexity index is 629. The molecule has 2 atom stereocenters. The van der Waals surface area contributed by atoms with Crippen LogP contribution in [0.1, 0.15) is 11.3 Å². The van der Waals surface area contributed by atoms with Gasteiger partial charge in [-0.3, -0.25) is 14.8 Å². The molecule has 0 unspecified atom stereocenters. The van der Waals surface area contributed by atoms with Crippen LogP contribution in [-0.2, 0) is 13.1 Å². The number of likely N-dealkylation sites (tertiary alicyclic amines) is 2. The summed E-state index contributed by atoms with van der Waals surface area (Å²) in [6.07, 6.45) is 1.87. The van der Waals surface area contributed by atoms with Crippen LogP contribution in [0, 0.1) is 17.7 Å². The van der Waals surface area contributed by atoms with Gasteiger partial charge in [-0.1, -0.05) is 18.2 Å². The van der Waals surface area contributed by atoms with Crippen LogP contribution in [0.4, 0.5) is 4.39 Å². The van der Waals surface area contributed by atoms with Crippen molar-refractivity contribution in [1.82, 2.24) is 14.8 Å². The molecule has 0 N–H and O–H groups in total. The Morgan fingerprint density at radius 3 is 2.13 bits per heavy atom. The van der Waals surface area contributed by atoms with E-state index in [1.54, 1.807) is 12.1 Å². The van der Waals surface area contributed by atoms with Gasteiger partial charge in [-0.2, -0.15) is 0 Å². The van der Waals surface area contributed by atoms with Gasteiger partial charge in [0.2, 0.25) is 0 Å². The van der Waals surface area contributed by atoms with E-state index in [0.29, 0.717) is 0 Å². The van der Waals surface area contributed by atoms with Gasteiger partial charge in [0.25, 0.3) is 0 Å². The van der Waals surface area contributed by atoms with Crippen molar-refractivity contribution >= 4 is 0 Å². The number of pyridine rings is 1. The summed E-state index contributed by atoms with van der Waals surface area (Å²) in [5, 5.41) is 0. The van der Waals surface area contributed by atoms with Crippen LogP contribution >= 0.6 is 0 Å². The topological polar surface area (TPSA) is 19.4 Å². The third-order valence-corrected chi connectivity index (χ3v) is 5.07. The molecule has 2 aliphatic rings. The van der Waals surface area contributed by atoms with Crippen molar-refractivity contribution < 1.29 is 4.39 Å². The fraction of sp³-hybridized carbons (Fsp3) is 0.421. The van der Waals surface area contributed by atoms with Crippen LogP contribution in [0.5, 0.6) is 0 Å². The van der Waals surface area contributed by atoms with Gasteiger partial charge in [-0.05, 0) is 41.7 Å². The predicted molar refractivity (Wildman–Crippen MR) is 88.2 cm³/mol. The highest BCUT2D eigenvalue weighted by Crippen LogP contribution is 2.32. The van der Waals surface area contributed by atoms with E-state index in [1.807, 2.05) is 24.4 Å². The fourth-order valence-electron chi connectivity index (χ4n) is 4.01. The molecule has 0 bridgehead atoms. The Morgan fingerprint density at radius 1 is 0.870 bits per heavy atom. The van der Waals surface area contributed by atoms with Crippen molar-refractivity contribution in [2.75, 3.05) is 26.2 Å². The molecule has 0 amide bonds. The molecule has 2 fully saturated rings. The zero-order valence-electron chi connectivity index (χ0n) is 13.2. The fourth-order valence-corrected chi connectivity index (χ4v) is 4.01. The zero-order valence-corrected chi connectivity index (χ0v) is 13.2. The second-order valence-corrected chi connectivity index (χ2v) is 6.86. The summed E-state index contributed by atoms with van der Waals surface area (Å²) in [5.74, 6) is 1.37. The molecular weight excluding hydrogens is 289 g/mol. The van der Waals surface area contributed by atoms with E-state index in [4.69, 9.17) is 0 Å². The van der Waals surface area contributed by atoms with Crippen LogP contribution in [-0.4, -0.2) is 41.0 Å². The van der Waals surface area contributed by atoms with E-state index < -0.39 is 0 Å². The number of aromatic nitrogens is 1. The summed E-state index contributed by atoms with van der Waals surface area (Å²) in [5.41, 5.74) is 2.37. The Balaban J connectivity index is 1.30. The lowest BCUT2D eigenvalue weighted by Gasteiger charge is -2.21. The molecular formula is C19H22FN3. The second-order valence-electron chi connectivity index (χ2n) is 6.86. The molecule has 2 saturated heterocycles. The van der Waals surface area contributed by atoms with E-state index in [0.717, 1.165) is 43.7 Å². The summed E-state index contributed by atoms with van der Waals surface area (Å²) >= 11 is 0. The third-order valence-electron chi connectivity index (χ3n) is 5.07. The van der Waals surface area contributed by atoms with Crippen LogP contribution in [0.2, 0.25) is 0 Å². The maximum atomic E-state index is 13.0. The number of hydrogen-bond acceptors (Lipinski definition) is 3. The Labute approximate surface area is 136 Å². The molecule has 0 spiro atoms. The molecule has 2 aliphatic heterocycles. The molecule has 0 saturated carbocycles. The number of nitrogens with zero attached hydrogens (tertiary/aromatic N) is 3. The number of rotatable bonds is 4. The molecule has 4 heteroatoms. The molecule has 120 valence electrons. The van der Waals surface area contributed by atoms with Gasteiger partial charge in [0.1, 0.15) is 5.82 Å². The molecule has 23 heavy (non-hydrogen) atoms. The first-order chi connectivity index (χ1) is 11.3. The Kier molecular flexibility index (Phi) is 4.10. The quantitative estimate of drug-likeness (QED) is 0.865. The predicted octanol–water partition coefficient (Wildman–Crippen LogP) is 2.78. The largest absolute Gasteiger partial charge is 0.298 e. The molecule has 1 aromatic heterocycles. The first-order valence-electron chi connectivity index (χ1n) is 8.35. The summed E-state index contributed by atoms with van der Waals surface area (Å²) in [7, 11) is 0.